The predicted octanol–water partition coefficient (Wildman–Crippen LogP) is -0.0792. The van der Waals surface area contributed by atoms with Crippen LogP contribution in [0.25, 0.3) is 10.8 Å². The minimum Gasteiger partial charge on any atom is -0.393 e. The van der Waals surface area contributed by atoms with E-state index >= 15 is 0 Å². The molecule has 6 amide bonds. The van der Waals surface area contributed by atoms with Crippen LogP contribution in [0.3, 0.4) is 0 Å². The number of hydrogen-bond donors (Lipinski definition) is 13. The predicted molar refractivity (Wildman–Crippen MR) is 313 cm³/mol. The fourth-order valence-electron chi connectivity index (χ4n) is 10.2. The van der Waals surface area contributed by atoms with Gasteiger partial charge >= 0.3 is 0 Å². The molecule has 0 spiro atoms. The van der Waals surface area contributed by atoms with Gasteiger partial charge in [0.1, 0.15) is 17.9 Å². The largest absolute Gasteiger partial charge is 0.393 e. The molecule has 2 unspecified atom stereocenters. The fraction of sp³-hybridized carbons (Fsp3) is 0.567. The molecular weight excluding hydrogens is 1070 g/mol. The van der Waals surface area contributed by atoms with Crippen LogP contribution in [-0.4, -0.2) is 144 Å². The van der Waals surface area contributed by atoms with Gasteiger partial charge in [-0.15, -0.1) is 0 Å². The van der Waals surface area contributed by atoms with Gasteiger partial charge in [0, 0.05) is 56.5 Å². The first kappa shape index (κ1) is 68.6. The van der Waals surface area contributed by atoms with Crippen molar-refractivity contribution < 1.29 is 58.2 Å². The van der Waals surface area contributed by atoms with Crippen LogP contribution in [0.5, 0.6) is 0 Å². The summed E-state index contributed by atoms with van der Waals surface area (Å²) in [6, 6.07) is 14.8. The van der Waals surface area contributed by atoms with Gasteiger partial charge in [-0.3, -0.25) is 47.9 Å². The van der Waals surface area contributed by atoms with Gasteiger partial charge in [0.05, 0.1) is 42.2 Å². The van der Waals surface area contributed by atoms with Crippen molar-refractivity contribution >= 4 is 69.3 Å². The third kappa shape index (κ3) is 22.0. The topological polar surface area (TPSA) is 413 Å². The number of aliphatic hydroxyl groups excluding tert-OH is 2. The molecule has 1 aliphatic heterocycles. The van der Waals surface area contributed by atoms with E-state index in [-0.39, 0.29) is 90.0 Å². The summed E-state index contributed by atoms with van der Waals surface area (Å²) in [4.78, 5) is 141. The molecule has 3 aromatic carbocycles. The smallest absolute Gasteiger partial charge is 0.243 e. The molecule has 456 valence electrons. The lowest BCUT2D eigenvalue weighted by atomic mass is 9.89. The SMILES string of the molecule is CC(C)C[C@@H]1NC(=O)[C@@H](Cc2ccccc2)CC(=O)[C@H](CCN)NC(=O)[C@@H](CC(=O)[C@H](CCN)NC(=O)[C@@H](CC(=O)C[C@H](N)c2ccc3ccccc3c2)C(C)O)CCNC(=O)[C@H](C(C)O)CC(=O)[C@H](CCN)NC(=O)[C@H](CCN)NC1=O. The first-order valence-corrected chi connectivity index (χ1v) is 28.8. The Kier molecular flexibility index (Phi) is 28.7. The quantitative estimate of drug-likeness (QED) is 0.0558. The van der Waals surface area contributed by atoms with Crippen molar-refractivity contribution in [2.45, 2.75) is 153 Å². The van der Waals surface area contributed by atoms with E-state index in [1.165, 1.54) is 13.8 Å². The molecular formula is C60H89N11O12. The Labute approximate surface area is 485 Å². The second-order valence-electron chi connectivity index (χ2n) is 22.3. The summed E-state index contributed by atoms with van der Waals surface area (Å²) in [5.41, 5.74) is 31.6. The summed E-state index contributed by atoms with van der Waals surface area (Å²) in [6.07, 6.45) is -5.56. The van der Waals surface area contributed by atoms with Crippen LogP contribution < -0.4 is 60.6 Å². The zero-order chi connectivity index (χ0) is 61.3. The van der Waals surface area contributed by atoms with Gasteiger partial charge in [-0.05, 0) is 119 Å². The molecule has 23 nitrogen and oxygen atoms in total. The average Bonchev–Trinajstić information content (AvgIpc) is 3.45. The van der Waals surface area contributed by atoms with Crippen molar-refractivity contribution in [3.8, 4) is 0 Å². The summed E-state index contributed by atoms with van der Waals surface area (Å²) in [7, 11) is 0. The second-order valence-corrected chi connectivity index (χ2v) is 22.3. The Morgan fingerprint density at radius 1 is 0.627 bits per heavy atom. The third-order valence-electron chi connectivity index (χ3n) is 15.0. The molecule has 1 fully saturated rings. The molecule has 0 aromatic heterocycles. The summed E-state index contributed by atoms with van der Waals surface area (Å²) in [6.45, 7) is 5.55. The Morgan fingerprint density at radius 2 is 1.18 bits per heavy atom. The molecule has 1 aliphatic rings. The van der Waals surface area contributed by atoms with Crippen molar-refractivity contribution in [2.24, 2.45) is 58.3 Å². The molecule has 0 radical (unpaired) electrons. The van der Waals surface area contributed by atoms with Gasteiger partial charge in [0.2, 0.25) is 35.4 Å². The van der Waals surface area contributed by atoms with Gasteiger partial charge in [-0.2, -0.15) is 0 Å². The molecule has 3 aromatic rings. The third-order valence-corrected chi connectivity index (χ3v) is 15.0. The van der Waals surface area contributed by atoms with Gasteiger partial charge in [0.25, 0.3) is 0 Å². The number of benzene rings is 3. The van der Waals surface area contributed by atoms with E-state index in [1.54, 1.807) is 30.3 Å². The van der Waals surface area contributed by atoms with Gasteiger partial charge < -0.3 is 70.8 Å². The van der Waals surface area contributed by atoms with E-state index in [0.717, 1.165) is 10.8 Å². The molecule has 0 saturated carbocycles. The number of Topliss-reactive ketones (excluding diaryl/α,β-unsaturated/α-hetero) is 4. The fourth-order valence-corrected chi connectivity index (χ4v) is 10.2. The minimum atomic E-state index is -1.42. The number of hydrogen-bond acceptors (Lipinski definition) is 17. The molecule has 4 rings (SSSR count). The number of nitrogens with two attached hydrogens (primary N) is 5. The van der Waals surface area contributed by atoms with Gasteiger partial charge in [-0.25, -0.2) is 0 Å². The standard InChI is InChI=1S/C60H89N11O12/c1-34(2)26-51-60(83)70-50(19-24-64)59(82)69-49(18-23-63)54(77)33-45(36(4)73)57(80)66-25-20-41(55(78)67-47(16-21-61)53(76)30-42(56(79)71-51)27-37-10-6-5-7-11-37)29-52(75)48(17-22-62)68-58(81)44(35(3)72)31-43(74)32-46(65)40-15-14-38-12-8-9-13-39(38)28-40/h5-15,28,34-36,41-42,44-51,72-73H,16-27,29-33,61-65H2,1-4H3,(H,66,80)(H,67,78)(H,68,81)(H,69,82)(H,70,83)(H,71,79)/t35?,36?,41-,42+,44+,45+,46+,47+,48+,49+,50+,51+/m1/s1. The first-order valence-electron chi connectivity index (χ1n) is 28.8. The number of rotatable bonds is 24. The maximum absolute atomic E-state index is 14.6. The highest BCUT2D eigenvalue weighted by molar-refractivity contribution is 5.99. The van der Waals surface area contributed by atoms with E-state index in [9.17, 15) is 58.2 Å². The monoisotopic (exact) mass is 1160 g/mol. The van der Waals surface area contributed by atoms with Crippen molar-refractivity contribution in [3.63, 3.8) is 0 Å². The zero-order valence-corrected chi connectivity index (χ0v) is 48.3. The summed E-state index contributed by atoms with van der Waals surface area (Å²) >= 11 is 0. The lowest BCUT2D eigenvalue weighted by Crippen LogP contribution is -2.57. The van der Waals surface area contributed by atoms with E-state index in [4.69, 9.17) is 28.7 Å². The summed E-state index contributed by atoms with van der Waals surface area (Å²) < 4.78 is 0. The number of ketones is 4. The number of carbonyl (C=O) groups is 10. The second kappa shape index (κ2) is 34.7. The van der Waals surface area contributed by atoms with E-state index in [1.807, 2.05) is 56.3 Å². The van der Waals surface area contributed by atoms with Crippen molar-refractivity contribution in [1.29, 1.82) is 0 Å². The molecule has 1 saturated heterocycles. The highest BCUT2D eigenvalue weighted by atomic mass is 16.3. The first-order chi connectivity index (χ1) is 39.5. The number of amides is 6. The highest BCUT2D eigenvalue weighted by Gasteiger charge is 2.37. The highest BCUT2D eigenvalue weighted by Crippen LogP contribution is 2.25. The van der Waals surface area contributed by atoms with Crippen LogP contribution in [0.15, 0.2) is 72.8 Å². The van der Waals surface area contributed by atoms with E-state index in [2.05, 4.69) is 31.9 Å². The van der Waals surface area contributed by atoms with Crippen molar-refractivity contribution in [1.82, 2.24) is 31.9 Å². The van der Waals surface area contributed by atoms with Crippen LogP contribution in [-0.2, 0) is 54.4 Å². The summed E-state index contributed by atoms with van der Waals surface area (Å²) in [5, 5.41) is 39.7. The molecule has 18 N–H and O–H groups in total. The molecule has 0 aliphatic carbocycles. The van der Waals surface area contributed by atoms with E-state index in [0.29, 0.717) is 11.1 Å². The molecule has 12 atom stereocenters. The Balaban J connectivity index is 1.70. The molecule has 83 heavy (non-hydrogen) atoms. The summed E-state index contributed by atoms with van der Waals surface area (Å²) in [5.74, 6) is -12.4. The maximum Gasteiger partial charge on any atom is 0.243 e. The van der Waals surface area contributed by atoms with Crippen LogP contribution in [0.2, 0.25) is 0 Å². The van der Waals surface area contributed by atoms with Crippen LogP contribution in [0, 0.1) is 29.6 Å². The van der Waals surface area contributed by atoms with Crippen LogP contribution in [0.4, 0.5) is 0 Å². The Morgan fingerprint density at radius 3 is 1.78 bits per heavy atom. The van der Waals surface area contributed by atoms with Gasteiger partial charge in [-0.1, -0.05) is 80.6 Å². The van der Waals surface area contributed by atoms with Crippen molar-refractivity contribution in [3.05, 3.63) is 83.9 Å². The lowest BCUT2D eigenvalue weighted by molar-refractivity contribution is -0.137. The Bertz CT molecular complexity index is 2670. The minimum absolute atomic E-state index is 0.0218. The van der Waals surface area contributed by atoms with Crippen molar-refractivity contribution in [2.75, 3.05) is 32.7 Å². The number of carbonyl (C=O) groups excluding carboxylic acids is 10. The normalized spacial score (nSPS) is 23.1. The number of nitrogens with one attached hydrogen (secondary N) is 6. The van der Waals surface area contributed by atoms with Crippen LogP contribution in [0.1, 0.15) is 115 Å². The lowest BCUT2D eigenvalue weighted by Gasteiger charge is -2.28. The maximum atomic E-state index is 14.6. The molecule has 1 heterocycles. The van der Waals surface area contributed by atoms with Crippen LogP contribution >= 0.6 is 0 Å². The molecule has 0 bridgehead atoms. The number of fused-ring (bicyclic) bond motifs is 1. The zero-order valence-electron chi connectivity index (χ0n) is 48.3. The Hall–Kier alpha value is -6.86. The van der Waals surface area contributed by atoms with Gasteiger partial charge in [0.15, 0.2) is 17.3 Å². The molecule has 23 heteroatoms. The number of aliphatic hydroxyl groups is 2. The average molecular weight is 1160 g/mol. The van der Waals surface area contributed by atoms with E-state index < -0.39 is 156 Å².